The summed E-state index contributed by atoms with van der Waals surface area (Å²) in [5.41, 5.74) is -0.212. The summed E-state index contributed by atoms with van der Waals surface area (Å²) in [6, 6.07) is 4.77. The molecule has 2 bridgehead atoms. The van der Waals surface area contributed by atoms with Crippen LogP contribution in [0.2, 0.25) is 0 Å². The van der Waals surface area contributed by atoms with Crippen molar-refractivity contribution in [2.45, 2.75) is 38.7 Å². The van der Waals surface area contributed by atoms with Crippen LogP contribution in [-0.2, 0) is 4.74 Å². The quantitative estimate of drug-likeness (QED) is 0.832. The highest BCUT2D eigenvalue weighted by atomic mass is 16.5. The molecule has 26 heavy (non-hydrogen) atoms. The Morgan fingerprint density at radius 3 is 2.73 bits per heavy atom. The molecule has 136 valence electrons. The first-order chi connectivity index (χ1) is 12.4. The van der Waals surface area contributed by atoms with Gasteiger partial charge in [-0.15, -0.1) is 0 Å². The number of phenolic OH excluding ortho intramolecular Hbond substituents is 1. The van der Waals surface area contributed by atoms with Crippen LogP contribution in [0, 0.1) is 17.3 Å². The number of hydrogen-bond acceptors (Lipinski definition) is 4. The second-order valence-corrected chi connectivity index (χ2v) is 7.98. The highest BCUT2D eigenvalue weighted by Gasteiger charge is 2.69. The molecule has 1 aromatic rings. The Balaban J connectivity index is 2.04. The highest BCUT2D eigenvalue weighted by Crippen LogP contribution is 2.63. The van der Waals surface area contributed by atoms with Crippen molar-refractivity contribution in [3.8, 4) is 5.75 Å². The SMILES string of the molecule is CO[C@@]12C=C[C@@H](CC1)[C@H]1C(=O)c3cccc(O)c3C(=O)[C@]12CC=C(C)C. The zero-order valence-corrected chi connectivity index (χ0v) is 15.4. The van der Waals surface area contributed by atoms with E-state index >= 15 is 0 Å². The van der Waals surface area contributed by atoms with Gasteiger partial charge in [-0.05, 0) is 45.1 Å². The van der Waals surface area contributed by atoms with Gasteiger partial charge in [-0.3, -0.25) is 9.59 Å². The van der Waals surface area contributed by atoms with Gasteiger partial charge >= 0.3 is 0 Å². The molecule has 1 saturated carbocycles. The smallest absolute Gasteiger partial charge is 0.177 e. The Kier molecular flexibility index (Phi) is 3.74. The Bertz CT molecular complexity index is 861. The van der Waals surface area contributed by atoms with Crippen LogP contribution in [0.3, 0.4) is 0 Å². The van der Waals surface area contributed by atoms with Crippen molar-refractivity contribution in [2.75, 3.05) is 7.11 Å². The Morgan fingerprint density at radius 1 is 1.35 bits per heavy atom. The third-order valence-corrected chi connectivity index (χ3v) is 6.60. The number of benzene rings is 1. The number of rotatable bonds is 3. The molecule has 0 amide bonds. The van der Waals surface area contributed by atoms with Gasteiger partial charge in [-0.2, -0.15) is 0 Å². The fraction of sp³-hybridized carbons (Fsp3) is 0.455. The minimum Gasteiger partial charge on any atom is -0.507 e. The van der Waals surface area contributed by atoms with Crippen molar-refractivity contribution in [2.24, 2.45) is 17.3 Å². The third kappa shape index (κ3) is 1.94. The minimum absolute atomic E-state index is 0.0320. The predicted octanol–water partition coefficient (Wildman–Crippen LogP) is 4.10. The molecule has 0 aliphatic heterocycles. The second-order valence-electron chi connectivity index (χ2n) is 7.98. The van der Waals surface area contributed by atoms with Crippen LogP contribution in [0.15, 0.2) is 42.0 Å². The molecule has 4 nitrogen and oxygen atoms in total. The number of ether oxygens (including phenoxy) is 1. The standard InChI is InChI=1S/C22H24O4/c1-13(2)7-12-22-18(14-8-10-21(22,26-3)11-9-14)19(24)15-5-4-6-16(23)17(15)20(22)25/h4-8,10,14,18,23H,9,11-12H2,1-3H3/t14-,18-,21-,22-/m0/s1. The van der Waals surface area contributed by atoms with Crippen molar-refractivity contribution in [3.63, 3.8) is 0 Å². The van der Waals surface area contributed by atoms with E-state index in [4.69, 9.17) is 4.74 Å². The van der Waals surface area contributed by atoms with Crippen molar-refractivity contribution in [1.29, 1.82) is 0 Å². The van der Waals surface area contributed by atoms with Gasteiger partial charge in [0.2, 0.25) is 0 Å². The lowest BCUT2D eigenvalue weighted by Gasteiger charge is -2.60. The summed E-state index contributed by atoms with van der Waals surface area (Å²) >= 11 is 0. The van der Waals surface area contributed by atoms with E-state index in [9.17, 15) is 14.7 Å². The van der Waals surface area contributed by atoms with Crippen LogP contribution >= 0.6 is 0 Å². The molecule has 0 aromatic heterocycles. The molecule has 4 aliphatic carbocycles. The van der Waals surface area contributed by atoms with Crippen molar-refractivity contribution in [3.05, 3.63) is 53.1 Å². The summed E-state index contributed by atoms with van der Waals surface area (Å²) in [6.45, 7) is 3.98. The zero-order valence-electron chi connectivity index (χ0n) is 15.4. The van der Waals surface area contributed by atoms with Crippen molar-refractivity contribution >= 4 is 11.6 Å². The van der Waals surface area contributed by atoms with Crippen LogP contribution in [-0.4, -0.2) is 29.4 Å². The molecular weight excluding hydrogens is 328 g/mol. The van der Waals surface area contributed by atoms with Crippen LogP contribution in [0.1, 0.15) is 53.8 Å². The number of phenols is 1. The van der Waals surface area contributed by atoms with Crippen molar-refractivity contribution in [1.82, 2.24) is 0 Å². The number of carbonyl (C=O) groups is 2. The minimum atomic E-state index is -1.00. The van der Waals surface area contributed by atoms with Gasteiger partial charge in [0.1, 0.15) is 5.75 Å². The molecule has 1 aromatic carbocycles. The Morgan fingerprint density at radius 2 is 2.12 bits per heavy atom. The number of Topliss-reactive ketones (excluding diaryl/α,β-unsaturated/α-hetero) is 2. The third-order valence-electron chi connectivity index (χ3n) is 6.60. The maximum Gasteiger partial charge on any atom is 0.177 e. The number of ketones is 2. The molecular formula is C22H24O4. The summed E-state index contributed by atoms with van der Waals surface area (Å²) in [7, 11) is 1.62. The fourth-order valence-corrected chi connectivity index (χ4v) is 5.35. The van der Waals surface area contributed by atoms with Gasteiger partial charge in [0.05, 0.1) is 16.6 Å². The van der Waals surface area contributed by atoms with E-state index in [1.807, 2.05) is 26.0 Å². The Labute approximate surface area is 153 Å². The summed E-state index contributed by atoms with van der Waals surface area (Å²) in [5, 5.41) is 10.4. The van der Waals surface area contributed by atoms with E-state index in [0.717, 1.165) is 12.0 Å². The lowest BCUT2D eigenvalue weighted by atomic mass is 9.44. The average molecular weight is 352 g/mol. The number of methoxy groups -OCH3 is 1. The topological polar surface area (TPSA) is 63.6 Å². The number of allylic oxidation sites excluding steroid dienone is 3. The van der Waals surface area contributed by atoms with E-state index < -0.39 is 16.9 Å². The van der Waals surface area contributed by atoms with Crippen LogP contribution in [0.4, 0.5) is 0 Å². The first-order valence-electron chi connectivity index (χ1n) is 9.17. The molecule has 1 N–H and O–H groups in total. The summed E-state index contributed by atoms with van der Waals surface area (Å²) in [5.74, 6) is -0.743. The average Bonchev–Trinajstić information content (AvgIpc) is 2.64. The van der Waals surface area contributed by atoms with E-state index in [-0.39, 0.29) is 28.8 Å². The van der Waals surface area contributed by atoms with Crippen LogP contribution < -0.4 is 0 Å². The lowest BCUT2D eigenvalue weighted by molar-refractivity contribution is -0.123. The van der Waals surface area contributed by atoms with Gasteiger partial charge in [0.25, 0.3) is 0 Å². The number of fused-ring (bicyclic) bond motifs is 2. The molecule has 4 atom stereocenters. The largest absolute Gasteiger partial charge is 0.507 e. The molecule has 0 unspecified atom stereocenters. The second kappa shape index (κ2) is 5.65. The first kappa shape index (κ1) is 17.2. The fourth-order valence-electron chi connectivity index (χ4n) is 5.35. The monoisotopic (exact) mass is 352 g/mol. The molecule has 0 heterocycles. The van der Waals surface area contributed by atoms with E-state index in [2.05, 4.69) is 6.08 Å². The van der Waals surface area contributed by atoms with Gasteiger partial charge in [-0.1, -0.05) is 35.9 Å². The maximum absolute atomic E-state index is 13.9. The van der Waals surface area contributed by atoms with E-state index in [1.165, 1.54) is 6.07 Å². The van der Waals surface area contributed by atoms with Gasteiger partial charge in [0, 0.05) is 18.6 Å². The molecule has 1 fully saturated rings. The number of aromatic hydroxyl groups is 1. The molecule has 5 rings (SSSR count). The maximum atomic E-state index is 13.9. The summed E-state index contributed by atoms with van der Waals surface area (Å²) in [6.07, 6.45) is 8.05. The molecule has 4 aliphatic rings. The van der Waals surface area contributed by atoms with Gasteiger partial charge < -0.3 is 9.84 Å². The molecule has 4 heteroatoms. The molecule has 0 saturated heterocycles. The normalized spacial score (nSPS) is 34.4. The lowest BCUT2D eigenvalue weighted by Crippen LogP contribution is -2.67. The van der Waals surface area contributed by atoms with E-state index in [0.29, 0.717) is 18.4 Å². The first-order valence-corrected chi connectivity index (χ1v) is 9.17. The van der Waals surface area contributed by atoms with Crippen molar-refractivity contribution < 1.29 is 19.4 Å². The van der Waals surface area contributed by atoms with Gasteiger partial charge in [0.15, 0.2) is 11.6 Å². The summed E-state index contributed by atoms with van der Waals surface area (Å²) in [4.78, 5) is 27.3. The molecule has 0 radical (unpaired) electrons. The van der Waals surface area contributed by atoms with Gasteiger partial charge in [-0.25, -0.2) is 0 Å². The van der Waals surface area contributed by atoms with Crippen LogP contribution in [0.5, 0.6) is 5.75 Å². The number of hydrogen-bond donors (Lipinski definition) is 1. The number of carbonyl (C=O) groups excluding carboxylic acids is 2. The van der Waals surface area contributed by atoms with E-state index in [1.54, 1.807) is 19.2 Å². The zero-order chi connectivity index (χ0) is 18.7. The Hall–Kier alpha value is -2.20. The van der Waals surface area contributed by atoms with Crippen LogP contribution in [0.25, 0.3) is 0 Å². The molecule has 0 spiro atoms. The summed E-state index contributed by atoms with van der Waals surface area (Å²) < 4.78 is 5.97. The highest BCUT2D eigenvalue weighted by molar-refractivity contribution is 6.20. The predicted molar refractivity (Wildman–Crippen MR) is 98.3 cm³/mol.